The van der Waals surface area contributed by atoms with Crippen LogP contribution in [0.4, 0.5) is 0 Å². The van der Waals surface area contributed by atoms with Gasteiger partial charge in [0.25, 0.3) is 7.82 Å². The Morgan fingerprint density at radius 2 is 0.762 bits per heavy atom. The molecule has 9 nitrogen and oxygen atoms in total. The highest BCUT2D eigenvalue weighted by Crippen LogP contribution is 2.38. The molecule has 0 rings (SSSR count). The standard InChI is InChI=1S/C74H129N2O7P/c1-7-10-13-16-19-22-25-28-30-32-34-36-37-38-39-41-43-45-47-49-52-55-58-61-64-67-74(78)83-72(65-62-59-56-53-50-27-24-21-18-15-12-9-3)71(70-82-84(79,80)81-69-68-76(4,5)6)75-73(77)66-63-60-57-54-51-48-46-44-42-40-35-33-31-29-26-23-20-17-14-11-8-2/h11,14,19-20,22-23,28-31,34-36,38-40,44,46,62,65,71-72H,7-10,12-13,15-18,21,24-27,32-33,37,41-43,45,47-61,63-64,66-70H2,1-6H3,(H-,75,77,79,80)/b14-11-,22-19-,23-20-,30-28-,31-29-,36-34-,39-38-,40-35-,46-44-,65-62+. The molecule has 0 aromatic carbocycles. The lowest BCUT2D eigenvalue weighted by Crippen LogP contribution is -2.47. The fourth-order valence-electron chi connectivity index (χ4n) is 9.36. The van der Waals surface area contributed by atoms with Gasteiger partial charge in [0.15, 0.2) is 0 Å². The van der Waals surface area contributed by atoms with Gasteiger partial charge in [0, 0.05) is 12.8 Å². The van der Waals surface area contributed by atoms with Gasteiger partial charge >= 0.3 is 5.97 Å². The van der Waals surface area contributed by atoms with Gasteiger partial charge in [-0.2, -0.15) is 0 Å². The fraction of sp³-hybridized carbons (Fsp3) is 0.703. The number of quaternary nitrogens is 1. The van der Waals surface area contributed by atoms with Crippen LogP contribution in [0.1, 0.15) is 284 Å². The monoisotopic (exact) mass is 1190 g/mol. The smallest absolute Gasteiger partial charge is 0.306 e. The molecule has 0 fully saturated rings. The number of unbranched alkanes of at least 4 members (excludes halogenated alkanes) is 27. The Balaban J connectivity index is 5.18. The Labute approximate surface area is 518 Å². The summed E-state index contributed by atoms with van der Waals surface area (Å²) in [5.41, 5.74) is 0. The molecule has 84 heavy (non-hydrogen) atoms. The van der Waals surface area contributed by atoms with Crippen molar-refractivity contribution < 1.29 is 37.3 Å². The highest BCUT2D eigenvalue weighted by Gasteiger charge is 2.27. The lowest BCUT2D eigenvalue weighted by Gasteiger charge is -2.30. The highest BCUT2D eigenvalue weighted by atomic mass is 31.2. The van der Waals surface area contributed by atoms with Gasteiger partial charge in [0.2, 0.25) is 5.91 Å². The first-order chi connectivity index (χ1) is 40.9. The average Bonchev–Trinajstić information content (AvgIpc) is 3.64. The van der Waals surface area contributed by atoms with Crippen LogP contribution in [0.15, 0.2) is 122 Å². The van der Waals surface area contributed by atoms with Crippen molar-refractivity contribution in [3.05, 3.63) is 122 Å². The first kappa shape index (κ1) is 80.4. The van der Waals surface area contributed by atoms with E-state index in [4.69, 9.17) is 13.8 Å². The maximum atomic E-state index is 13.6. The summed E-state index contributed by atoms with van der Waals surface area (Å²) in [6.45, 7) is 6.68. The van der Waals surface area contributed by atoms with Crippen molar-refractivity contribution in [2.24, 2.45) is 0 Å². The molecule has 0 aliphatic carbocycles. The second kappa shape index (κ2) is 62.5. The Hall–Kier alpha value is -3.59. The zero-order valence-electron chi connectivity index (χ0n) is 55.1. The van der Waals surface area contributed by atoms with Gasteiger partial charge in [-0.1, -0.05) is 271 Å². The van der Waals surface area contributed by atoms with E-state index in [-0.39, 0.29) is 31.3 Å². The molecule has 0 bridgehead atoms. The molecule has 3 atom stereocenters. The number of ether oxygens (including phenoxy) is 1. The molecule has 0 aromatic rings. The molecule has 482 valence electrons. The van der Waals surface area contributed by atoms with E-state index in [2.05, 4.69) is 135 Å². The van der Waals surface area contributed by atoms with Crippen molar-refractivity contribution in [1.29, 1.82) is 0 Å². The minimum absolute atomic E-state index is 0.0336. The van der Waals surface area contributed by atoms with E-state index >= 15 is 0 Å². The third kappa shape index (κ3) is 62.9. The SMILES string of the molecule is CC/C=C\C/C=C\C/C=C\C/C=C\C/C=C\CCCCCCCC(=O)NC(COP(=O)([O-])OCC[N+](C)(C)C)C(/C=C/CCCCCCCCCCCC)OC(=O)CCCCCCCCCCC/C=C\C/C=C\C/C=C\C/C=C\CCCCC. The Bertz CT molecular complexity index is 1850. The maximum absolute atomic E-state index is 13.6. The molecule has 1 N–H and O–H groups in total. The van der Waals surface area contributed by atoms with E-state index in [9.17, 15) is 19.0 Å². The lowest BCUT2D eigenvalue weighted by atomic mass is 10.0. The molecule has 0 aromatic heterocycles. The fourth-order valence-corrected chi connectivity index (χ4v) is 10.1. The van der Waals surface area contributed by atoms with Crippen molar-refractivity contribution >= 4 is 19.7 Å². The Morgan fingerprint density at radius 1 is 0.429 bits per heavy atom. The quantitative estimate of drug-likeness (QED) is 0.0212. The van der Waals surface area contributed by atoms with E-state index in [1.54, 1.807) is 0 Å². The predicted molar refractivity (Wildman–Crippen MR) is 362 cm³/mol. The van der Waals surface area contributed by atoms with Crippen LogP contribution in [-0.4, -0.2) is 69.4 Å². The topological polar surface area (TPSA) is 114 Å². The minimum atomic E-state index is -4.72. The van der Waals surface area contributed by atoms with Crippen LogP contribution in [0.5, 0.6) is 0 Å². The number of amides is 1. The molecule has 1 amide bonds. The number of phosphoric ester groups is 1. The largest absolute Gasteiger partial charge is 0.756 e. The van der Waals surface area contributed by atoms with Crippen LogP contribution in [-0.2, 0) is 27.9 Å². The van der Waals surface area contributed by atoms with Crippen molar-refractivity contribution in [2.75, 3.05) is 40.9 Å². The van der Waals surface area contributed by atoms with Gasteiger partial charge in [-0.3, -0.25) is 14.2 Å². The summed E-state index contributed by atoms with van der Waals surface area (Å²) < 4.78 is 30.4. The third-order valence-electron chi connectivity index (χ3n) is 14.6. The molecule has 0 aliphatic heterocycles. The number of rotatable bonds is 61. The number of phosphoric acid groups is 1. The van der Waals surface area contributed by atoms with Crippen molar-refractivity contribution in [3.8, 4) is 0 Å². The number of nitrogens with one attached hydrogen (secondary N) is 1. The zero-order valence-corrected chi connectivity index (χ0v) is 56.0. The number of hydrogen-bond donors (Lipinski definition) is 1. The van der Waals surface area contributed by atoms with E-state index in [0.717, 1.165) is 128 Å². The summed E-state index contributed by atoms with van der Waals surface area (Å²) in [6.07, 6.45) is 87.4. The molecule has 10 heteroatoms. The van der Waals surface area contributed by atoms with E-state index in [1.807, 2.05) is 33.3 Å². The van der Waals surface area contributed by atoms with Gasteiger partial charge in [-0.15, -0.1) is 0 Å². The maximum Gasteiger partial charge on any atom is 0.306 e. The molecule has 3 unspecified atom stereocenters. The number of hydrogen-bond acceptors (Lipinski definition) is 7. The predicted octanol–water partition coefficient (Wildman–Crippen LogP) is 21.2. The summed E-state index contributed by atoms with van der Waals surface area (Å²) in [5, 5.41) is 3.02. The third-order valence-corrected chi connectivity index (χ3v) is 15.6. The van der Waals surface area contributed by atoms with Gasteiger partial charge in [0.05, 0.1) is 33.8 Å². The number of likely N-dealkylation sites (N-methyl/N-ethyl adjacent to an activating group) is 1. The molecule has 0 heterocycles. The van der Waals surface area contributed by atoms with Crippen LogP contribution in [0, 0.1) is 0 Å². The molecule has 0 radical (unpaired) electrons. The van der Waals surface area contributed by atoms with Crippen LogP contribution in [0.3, 0.4) is 0 Å². The second-order valence-electron chi connectivity index (χ2n) is 23.9. The second-order valence-corrected chi connectivity index (χ2v) is 25.4. The van der Waals surface area contributed by atoms with Gasteiger partial charge in [0.1, 0.15) is 19.3 Å². The lowest BCUT2D eigenvalue weighted by molar-refractivity contribution is -0.870. The van der Waals surface area contributed by atoms with E-state index < -0.39 is 26.6 Å². The molecule has 0 saturated carbocycles. The minimum Gasteiger partial charge on any atom is -0.756 e. The van der Waals surface area contributed by atoms with Crippen LogP contribution < -0.4 is 10.2 Å². The summed E-state index contributed by atoms with van der Waals surface area (Å²) in [4.78, 5) is 40.1. The van der Waals surface area contributed by atoms with E-state index in [1.165, 1.54) is 109 Å². The molecule has 0 saturated heterocycles. The first-order valence-corrected chi connectivity index (χ1v) is 35.8. The molecular weight excluding hydrogens is 1060 g/mol. The first-order valence-electron chi connectivity index (χ1n) is 34.3. The molecule has 0 aliphatic rings. The number of carbonyl (C=O) groups is 2. The van der Waals surface area contributed by atoms with Crippen LogP contribution in [0.25, 0.3) is 0 Å². The van der Waals surface area contributed by atoms with Crippen molar-refractivity contribution in [1.82, 2.24) is 5.32 Å². The van der Waals surface area contributed by atoms with E-state index in [0.29, 0.717) is 23.9 Å². The Morgan fingerprint density at radius 3 is 1.17 bits per heavy atom. The normalized spacial score (nSPS) is 14.3. The highest BCUT2D eigenvalue weighted by molar-refractivity contribution is 7.45. The average molecular weight is 1190 g/mol. The Kier molecular flexibility index (Phi) is 59.8. The summed E-state index contributed by atoms with van der Waals surface area (Å²) in [6, 6.07) is -0.911. The van der Waals surface area contributed by atoms with Gasteiger partial charge in [-0.05, 0) is 122 Å². The van der Waals surface area contributed by atoms with Crippen LogP contribution in [0.2, 0.25) is 0 Å². The van der Waals surface area contributed by atoms with Gasteiger partial charge < -0.3 is 28.5 Å². The summed E-state index contributed by atoms with van der Waals surface area (Å²) in [5.74, 6) is -0.573. The van der Waals surface area contributed by atoms with Crippen molar-refractivity contribution in [3.63, 3.8) is 0 Å². The molecular formula is C74H129N2O7P. The number of esters is 1. The number of carbonyl (C=O) groups excluding carboxylic acids is 2. The zero-order chi connectivity index (χ0) is 61.4. The summed E-state index contributed by atoms with van der Waals surface area (Å²) >= 11 is 0. The number of allylic oxidation sites excluding steroid dienone is 19. The summed E-state index contributed by atoms with van der Waals surface area (Å²) in [7, 11) is 1.15. The van der Waals surface area contributed by atoms with Gasteiger partial charge in [-0.25, -0.2) is 0 Å². The van der Waals surface area contributed by atoms with Crippen molar-refractivity contribution in [2.45, 2.75) is 296 Å². The van der Waals surface area contributed by atoms with Crippen LogP contribution >= 0.6 is 7.82 Å². The number of nitrogens with zero attached hydrogens (tertiary/aromatic N) is 1. The molecule has 0 spiro atoms.